The Morgan fingerprint density at radius 1 is 1.12 bits per heavy atom. The average molecular weight is 330 g/mol. The zero-order valence-corrected chi connectivity index (χ0v) is 13.9. The van der Waals surface area contributed by atoms with Crippen molar-refractivity contribution in [3.05, 3.63) is 78.3 Å². The highest BCUT2D eigenvalue weighted by molar-refractivity contribution is 6.08. The number of hydrogen-bond acceptors (Lipinski definition) is 3. The first kappa shape index (κ1) is 15.4. The maximum absolute atomic E-state index is 12.5. The molecule has 2 heterocycles. The van der Waals surface area contributed by atoms with Gasteiger partial charge in [-0.25, -0.2) is 0 Å². The summed E-state index contributed by atoms with van der Waals surface area (Å²) in [4.78, 5) is 16.5. The maximum Gasteiger partial charge on any atom is 0.225 e. The standard InChI is InChI=1S/C21H18N2O2/c1-14(15-8-10-22-11-9-15)23-20(24)12-17-13-25-19-7-6-16-4-2-3-5-18(16)21(17)19/h2-11,13-14H,12H2,1H3,(H,23,24)/t14-/m0/s1. The lowest BCUT2D eigenvalue weighted by Crippen LogP contribution is -2.28. The van der Waals surface area contributed by atoms with Crippen molar-refractivity contribution in [3.8, 4) is 0 Å². The van der Waals surface area contributed by atoms with Crippen molar-refractivity contribution in [3.63, 3.8) is 0 Å². The summed E-state index contributed by atoms with van der Waals surface area (Å²) < 4.78 is 5.66. The number of nitrogens with one attached hydrogen (secondary N) is 1. The third-order valence-corrected chi connectivity index (χ3v) is 4.47. The predicted molar refractivity (Wildman–Crippen MR) is 98.2 cm³/mol. The van der Waals surface area contributed by atoms with E-state index in [1.54, 1.807) is 18.7 Å². The Labute approximate surface area is 145 Å². The second kappa shape index (κ2) is 6.40. The molecular weight excluding hydrogens is 312 g/mol. The first-order chi connectivity index (χ1) is 12.2. The van der Waals surface area contributed by atoms with Crippen LogP contribution in [0.4, 0.5) is 0 Å². The summed E-state index contributed by atoms with van der Waals surface area (Å²) in [6.07, 6.45) is 5.44. The molecule has 1 amide bonds. The van der Waals surface area contributed by atoms with E-state index >= 15 is 0 Å². The van der Waals surface area contributed by atoms with Crippen molar-refractivity contribution in [1.29, 1.82) is 0 Å². The van der Waals surface area contributed by atoms with Gasteiger partial charge in [0.1, 0.15) is 5.58 Å². The molecule has 1 atom stereocenters. The van der Waals surface area contributed by atoms with Crippen molar-refractivity contribution in [2.24, 2.45) is 0 Å². The van der Waals surface area contributed by atoms with Crippen molar-refractivity contribution >= 4 is 27.6 Å². The highest BCUT2D eigenvalue weighted by Gasteiger charge is 2.15. The minimum absolute atomic E-state index is 0.0278. The molecule has 0 spiro atoms. The van der Waals surface area contributed by atoms with Crippen LogP contribution in [0, 0.1) is 0 Å². The summed E-state index contributed by atoms with van der Waals surface area (Å²) in [5, 5.41) is 6.31. The summed E-state index contributed by atoms with van der Waals surface area (Å²) >= 11 is 0. The smallest absolute Gasteiger partial charge is 0.225 e. The number of pyridine rings is 1. The first-order valence-electron chi connectivity index (χ1n) is 8.29. The maximum atomic E-state index is 12.5. The van der Waals surface area contributed by atoms with Gasteiger partial charge in [0.2, 0.25) is 5.91 Å². The Balaban J connectivity index is 1.60. The molecule has 2 aromatic carbocycles. The minimum Gasteiger partial charge on any atom is -0.464 e. The van der Waals surface area contributed by atoms with Crippen LogP contribution in [0.15, 0.2) is 71.6 Å². The number of furan rings is 1. The SMILES string of the molecule is C[C@H](NC(=O)Cc1coc2ccc3ccccc3c12)c1ccncc1. The second-order valence-corrected chi connectivity index (χ2v) is 6.17. The number of aromatic nitrogens is 1. The lowest BCUT2D eigenvalue weighted by molar-refractivity contribution is -0.121. The van der Waals surface area contributed by atoms with Gasteiger partial charge in [-0.1, -0.05) is 30.3 Å². The van der Waals surface area contributed by atoms with Gasteiger partial charge in [-0.2, -0.15) is 0 Å². The zero-order chi connectivity index (χ0) is 17.2. The van der Waals surface area contributed by atoms with E-state index in [1.807, 2.05) is 43.3 Å². The van der Waals surface area contributed by atoms with Crippen molar-refractivity contribution in [1.82, 2.24) is 10.3 Å². The fourth-order valence-corrected chi connectivity index (χ4v) is 3.21. The fourth-order valence-electron chi connectivity index (χ4n) is 3.21. The molecule has 0 saturated heterocycles. The molecular formula is C21H18N2O2. The van der Waals surface area contributed by atoms with E-state index in [2.05, 4.69) is 22.4 Å². The highest BCUT2D eigenvalue weighted by Crippen LogP contribution is 2.30. The Morgan fingerprint density at radius 3 is 2.76 bits per heavy atom. The Bertz CT molecular complexity index is 1040. The topological polar surface area (TPSA) is 55.1 Å². The fraction of sp³-hybridized carbons (Fsp3) is 0.143. The Morgan fingerprint density at radius 2 is 1.92 bits per heavy atom. The van der Waals surface area contributed by atoms with Crippen LogP contribution in [0.2, 0.25) is 0 Å². The van der Waals surface area contributed by atoms with Gasteiger partial charge in [-0.05, 0) is 41.5 Å². The van der Waals surface area contributed by atoms with Crippen molar-refractivity contribution in [2.45, 2.75) is 19.4 Å². The molecule has 0 saturated carbocycles. The van der Waals surface area contributed by atoms with E-state index in [-0.39, 0.29) is 18.4 Å². The van der Waals surface area contributed by atoms with Gasteiger partial charge in [0.25, 0.3) is 0 Å². The Kier molecular flexibility index (Phi) is 3.94. The van der Waals surface area contributed by atoms with Crippen LogP contribution in [0.1, 0.15) is 24.1 Å². The lowest BCUT2D eigenvalue weighted by Gasteiger charge is -2.13. The van der Waals surface area contributed by atoms with Gasteiger partial charge in [-0.15, -0.1) is 0 Å². The third-order valence-electron chi connectivity index (χ3n) is 4.47. The summed E-state index contributed by atoms with van der Waals surface area (Å²) in [6, 6.07) is 15.9. The van der Waals surface area contributed by atoms with Crippen molar-refractivity contribution < 1.29 is 9.21 Å². The molecule has 0 unspecified atom stereocenters. The number of benzene rings is 2. The normalized spacial score (nSPS) is 12.4. The van der Waals surface area contributed by atoms with Crippen LogP contribution in [-0.4, -0.2) is 10.9 Å². The van der Waals surface area contributed by atoms with E-state index < -0.39 is 0 Å². The summed E-state index contributed by atoms with van der Waals surface area (Å²) in [5.74, 6) is -0.0278. The van der Waals surface area contributed by atoms with Gasteiger partial charge in [0, 0.05) is 23.3 Å². The molecule has 0 radical (unpaired) electrons. The number of nitrogens with zero attached hydrogens (tertiary/aromatic N) is 1. The van der Waals surface area contributed by atoms with Gasteiger partial charge < -0.3 is 9.73 Å². The number of amides is 1. The highest BCUT2D eigenvalue weighted by atomic mass is 16.3. The summed E-state index contributed by atoms with van der Waals surface area (Å²) in [5.41, 5.74) is 2.75. The Hall–Kier alpha value is -3.14. The van der Waals surface area contributed by atoms with Crippen LogP contribution >= 0.6 is 0 Å². The number of hydrogen-bond donors (Lipinski definition) is 1. The van der Waals surface area contributed by atoms with Crippen LogP contribution in [0.25, 0.3) is 21.7 Å². The molecule has 0 fully saturated rings. The number of carbonyl (C=O) groups excluding carboxylic acids is 1. The van der Waals surface area contributed by atoms with Crippen LogP contribution in [0.3, 0.4) is 0 Å². The lowest BCUT2D eigenvalue weighted by atomic mass is 10.0. The quantitative estimate of drug-likeness (QED) is 0.603. The molecule has 1 N–H and O–H groups in total. The molecule has 4 heteroatoms. The molecule has 25 heavy (non-hydrogen) atoms. The van der Waals surface area contributed by atoms with Crippen LogP contribution in [-0.2, 0) is 11.2 Å². The first-order valence-corrected chi connectivity index (χ1v) is 8.29. The summed E-state index contributed by atoms with van der Waals surface area (Å²) in [7, 11) is 0. The predicted octanol–water partition coefficient (Wildman–Crippen LogP) is 4.40. The zero-order valence-electron chi connectivity index (χ0n) is 13.9. The molecule has 124 valence electrons. The molecule has 4 nitrogen and oxygen atoms in total. The van der Waals surface area contributed by atoms with E-state index in [0.29, 0.717) is 0 Å². The van der Waals surface area contributed by atoms with Crippen LogP contribution < -0.4 is 5.32 Å². The minimum atomic E-state index is -0.0644. The monoisotopic (exact) mass is 330 g/mol. The van der Waals surface area contributed by atoms with E-state index in [4.69, 9.17) is 4.42 Å². The van der Waals surface area contributed by atoms with E-state index in [0.717, 1.165) is 32.9 Å². The third kappa shape index (κ3) is 2.98. The second-order valence-electron chi connectivity index (χ2n) is 6.17. The number of carbonyl (C=O) groups is 1. The van der Waals surface area contributed by atoms with E-state index in [1.165, 1.54) is 0 Å². The van der Waals surface area contributed by atoms with Crippen molar-refractivity contribution in [2.75, 3.05) is 0 Å². The largest absolute Gasteiger partial charge is 0.464 e. The molecule has 4 aromatic rings. The van der Waals surface area contributed by atoms with Gasteiger partial charge in [0.05, 0.1) is 18.7 Å². The molecule has 0 aliphatic rings. The molecule has 4 rings (SSSR count). The van der Waals surface area contributed by atoms with Gasteiger partial charge >= 0.3 is 0 Å². The number of fused-ring (bicyclic) bond motifs is 3. The van der Waals surface area contributed by atoms with Gasteiger partial charge in [0.15, 0.2) is 0 Å². The van der Waals surface area contributed by atoms with E-state index in [9.17, 15) is 4.79 Å². The molecule has 0 aliphatic carbocycles. The molecule has 2 aromatic heterocycles. The number of rotatable bonds is 4. The average Bonchev–Trinajstić information content (AvgIpc) is 3.05. The molecule has 0 bridgehead atoms. The van der Waals surface area contributed by atoms with Crippen LogP contribution in [0.5, 0.6) is 0 Å². The van der Waals surface area contributed by atoms with Gasteiger partial charge in [-0.3, -0.25) is 9.78 Å². The summed E-state index contributed by atoms with van der Waals surface area (Å²) in [6.45, 7) is 1.97. The molecule has 0 aliphatic heterocycles.